The number of aliphatic hydroxyl groups excluding tert-OH is 1. The van der Waals surface area contributed by atoms with Gasteiger partial charge in [-0.1, -0.05) is 30.7 Å². The van der Waals surface area contributed by atoms with Crippen LogP contribution in [-0.2, 0) is 0 Å². The largest absolute Gasteiger partial charge is 0.393 e. The van der Waals surface area contributed by atoms with Gasteiger partial charge >= 0.3 is 0 Å². The van der Waals surface area contributed by atoms with Gasteiger partial charge in [-0.2, -0.15) is 0 Å². The van der Waals surface area contributed by atoms with Gasteiger partial charge in [-0.25, -0.2) is 4.98 Å². The first-order valence-electron chi connectivity index (χ1n) is 7.59. The number of hydrogen-bond donors (Lipinski definition) is 1. The lowest BCUT2D eigenvalue weighted by molar-refractivity contribution is -0.165. The van der Waals surface area contributed by atoms with Gasteiger partial charge in [0.2, 0.25) is 0 Å². The summed E-state index contributed by atoms with van der Waals surface area (Å²) >= 11 is 0. The van der Waals surface area contributed by atoms with Crippen LogP contribution in [0.1, 0.15) is 37.3 Å². The molecule has 0 bridgehead atoms. The lowest BCUT2D eigenvalue weighted by atomic mass is 9.46. The monoisotopic (exact) mass is 266 g/mol. The first-order valence-corrected chi connectivity index (χ1v) is 7.59. The SMILES string of the molecule is O[C@@H]1CC2(CCC2)[C@H]1[C@H]1c2ccccc2-c2cncn21. The van der Waals surface area contributed by atoms with Gasteiger partial charge in [0.1, 0.15) is 0 Å². The number of aromatic nitrogens is 2. The molecule has 0 unspecified atom stereocenters. The van der Waals surface area contributed by atoms with E-state index in [2.05, 4.69) is 33.8 Å². The predicted molar refractivity (Wildman–Crippen MR) is 76.2 cm³/mol. The van der Waals surface area contributed by atoms with Gasteiger partial charge in [0.05, 0.1) is 30.4 Å². The summed E-state index contributed by atoms with van der Waals surface area (Å²) in [7, 11) is 0. The summed E-state index contributed by atoms with van der Waals surface area (Å²) in [5.41, 5.74) is 4.28. The van der Waals surface area contributed by atoms with Gasteiger partial charge in [0, 0.05) is 11.5 Å². The molecule has 1 spiro atoms. The molecule has 0 saturated heterocycles. The molecular formula is C17H18N2O. The molecule has 2 heterocycles. The Balaban J connectivity index is 1.68. The molecule has 20 heavy (non-hydrogen) atoms. The standard InChI is InChI=1S/C17H18N2O/c20-14-8-17(6-3-7-17)15(14)16-12-5-2-1-4-11(12)13-9-18-10-19(13)16/h1-2,4-5,9-10,14-16,20H,3,6-8H2/t14-,15-,16-/m1/s1. The van der Waals surface area contributed by atoms with Crippen LogP contribution in [0.2, 0.25) is 0 Å². The van der Waals surface area contributed by atoms with Crippen LogP contribution >= 0.6 is 0 Å². The summed E-state index contributed by atoms with van der Waals surface area (Å²) < 4.78 is 2.29. The normalized spacial score (nSPS) is 32.4. The van der Waals surface area contributed by atoms with Crippen LogP contribution < -0.4 is 0 Å². The zero-order chi connectivity index (χ0) is 13.3. The smallest absolute Gasteiger partial charge is 0.0956 e. The van der Waals surface area contributed by atoms with Gasteiger partial charge in [0.25, 0.3) is 0 Å². The van der Waals surface area contributed by atoms with E-state index in [1.807, 2.05) is 12.5 Å². The molecule has 3 nitrogen and oxygen atoms in total. The van der Waals surface area contributed by atoms with Crippen molar-refractivity contribution in [2.24, 2.45) is 11.3 Å². The fraction of sp³-hybridized carbons (Fsp3) is 0.471. The Labute approximate surface area is 118 Å². The average molecular weight is 266 g/mol. The second-order valence-electron chi connectivity index (χ2n) is 6.73. The van der Waals surface area contributed by atoms with Crippen LogP contribution in [0.15, 0.2) is 36.8 Å². The van der Waals surface area contributed by atoms with Gasteiger partial charge in [-0.15, -0.1) is 0 Å². The molecule has 2 fully saturated rings. The molecule has 5 rings (SSSR count). The molecule has 0 radical (unpaired) electrons. The Morgan fingerprint density at radius 3 is 2.85 bits per heavy atom. The summed E-state index contributed by atoms with van der Waals surface area (Å²) in [5, 5.41) is 10.4. The molecule has 1 N–H and O–H groups in total. The van der Waals surface area contributed by atoms with E-state index in [0.29, 0.717) is 11.3 Å². The van der Waals surface area contributed by atoms with Gasteiger partial charge < -0.3 is 9.67 Å². The van der Waals surface area contributed by atoms with E-state index in [0.717, 1.165) is 6.42 Å². The summed E-state index contributed by atoms with van der Waals surface area (Å²) in [4.78, 5) is 4.33. The second kappa shape index (κ2) is 3.53. The number of hydrogen-bond acceptors (Lipinski definition) is 2. The first-order chi connectivity index (χ1) is 9.80. The third-order valence-electron chi connectivity index (χ3n) is 5.95. The number of fused-ring (bicyclic) bond motifs is 3. The van der Waals surface area contributed by atoms with E-state index in [-0.39, 0.29) is 12.1 Å². The highest BCUT2D eigenvalue weighted by Gasteiger charge is 2.60. The maximum atomic E-state index is 10.4. The van der Waals surface area contributed by atoms with Gasteiger partial charge in [0.15, 0.2) is 0 Å². The summed E-state index contributed by atoms with van der Waals surface area (Å²) in [6.45, 7) is 0. The number of nitrogens with zero attached hydrogens (tertiary/aromatic N) is 2. The van der Waals surface area contributed by atoms with E-state index in [9.17, 15) is 5.11 Å². The molecule has 3 heteroatoms. The Kier molecular flexibility index (Phi) is 1.96. The van der Waals surface area contributed by atoms with Crippen molar-refractivity contribution in [3.63, 3.8) is 0 Å². The number of aliphatic hydroxyl groups is 1. The summed E-state index contributed by atoms with van der Waals surface area (Å²) in [5.74, 6) is 0.368. The van der Waals surface area contributed by atoms with Gasteiger partial charge in [-0.3, -0.25) is 0 Å². The van der Waals surface area contributed by atoms with E-state index in [4.69, 9.17) is 0 Å². The highest BCUT2D eigenvalue weighted by molar-refractivity contribution is 5.69. The molecule has 1 aromatic heterocycles. The quantitative estimate of drug-likeness (QED) is 0.861. The van der Waals surface area contributed by atoms with Crippen molar-refractivity contribution < 1.29 is 5.11 Å². The maximum Gasteiger partial charge on any atom is 0.0956 e. The fourth-order valence-corrected chi connectivity index (χ4v) is 4.88. The zero-order valence-electron chi connectivity index (χ0n) is 11.4. The minimum atomic E-state index is -0.151. The molecule has 0 amide bonds. The number of imidazole rings is 1. The van der Waals surface area contributed by atoms with E-state index >= 15 is 0 Å². The zero-order valence-corrected chi connectivity index (χ0v) is 11.4. The van der Waals surface area contributed by atoms with Crippen molar-refractivity contribution >= 4 is 0 Å². The average Bonchev–Trinajstić information content (AvgIpc) is 2.97. The van der Waals surface area contributed by atoms with Crippen molar-refractivity contribution in [2.45, 2.75) is 37.8 Å². The van der Waals surface area contributed by atoms with E-state index in [1.165, 1.54) is 36.1 Å². The lowest BCUT2D eigenvalue weighted by Crippen LogP contribution is -2.58. The van der Waals surface area contributed by atoms with Crippen molar-refractivity contribution in [3.8, 4) is 11.3 Å². The Morgan fingerprint density at radius 1 is 1.25 bits per heavy atom. The molecular weight excluding hydrogens is 248 g/mol. The minimum absolute atomic E-state index is 0.151. The molecule has 2 aliphatic carbocycles. The van der Waals surface area contributed by atoms with Crippen LogP contribution in [0.3, 0.4) is 0 Å². The highest BCUT2D eigenvalue weighted by atomic mass is 16.3. The van der Waals surface area contributed by atoms with E-state index in [1.54, 1.807) is 0 Å². The lowest BCUT2D eigenvalue weighted by Gasteiger charge is -2.61. The summed E-state index contributed by atoms with van der Waals surface area (Å²) in [6.07, 6.45) is 8.65. The van der Waals surface area contributed by atoms with Crippen LogP contribution in [0, 0.1) is 11.3 Å². The summed E-state index contributed by atoms with van der Waals surface area (Å²) in [6, 6.07) is 8.90. The predicted octanol–water partition coefficient (Wildman–Crippen LogP) is 3.00. The van der Waals surface area contributed by atoms with Crippen LogP contribution in [0.25, 0.3) is 11.3 Å². The molecule has 102 valence electrons. The maximum absolute atomic E-state index is 10.4. The third kappa shape index (κ3) is 1.14. The van der Waals surface area contributed by atoms with Gasteiger partial charge in [-0.05, 0) is 30.2 Å². The molecule has 3 aliphatic rings. The van der Waals surface area contributed by atoms with Crippen LogP contribution in [-0.4, -0.2) is 20.8 Å². The van der Waals surface area contributed by atoms with Crippen molar-refractivity contribution in [1.29, 1.82) is 0 Å². The molecule has 1 aromatic carbocycles. The second-order valence-corrected chi connectivity index (χ2v) is 6.73. The van der Waals surface area contributed by atoms with Crippen molar-refractivity contribution in [3.05, 3.63) is 42.4 Å². The number of rotatable bonds is 1. The Bertz CT molecular complexity index is 686. The third-order valence-corrected chi connectivity index (χ3v) is 5.95. The molecule has 1 aliphatic heterocycles. The fourth-order valence-electron chi connectivity index (χ4n) is 4.88. The molecule has 3 atom stereocenters. The minimum Gasteiger partial charge on any atom is -0.393 e. The molecule has 2 aromatic rings. The number of benzene rings is 1. The van der Waals surface area contributed by atoms with Crippen LogP contribution in [0.5, 0.6) is 0 Å². The van der Waals surface area contributed by atoms with Crippen molar-refractivity contribution in [2.75, 3.05) is 0 Å². The molecule has 2 saturated carbocycles. The topological polar surface area (TPSA) is 38.1 Å². The Hall–Kier alpha value is -1.61. The highest BCUT2D eigenvalue weighted by Crippen LogP contribution is 2.65. The van der Waals surface area contributed by atoms with Crippen LogP contribution in [0.4, 0.5) is 0 Å². The Morgan fingerprint density at radius 2 is 2.10 bits per heavy atom. The first kappa shape index (κ1) is 11.1. The van der Waals surface area contributed by atoms with Crippen molar-refractivity contribution in [1.82, 2.24) is 9.55 Å². The van der Waals surface area contributed by atoms with E-state index < -0.39 is 0 Å².